The third kappa shape index (κ3) is 1.92. The maximum Gasteiger partial charge on any atom is 0.170 e. The first-order chi connectivity index (χ1) is 9.08. The summed E-state index contributed by atoms with van der Waals surface area (Å²) in [5.74, 6) is -0.618. The molecular weight excluding hydrogens is 248 g/mol. The van der Waals surface area contributed by atoms with Gasteiger partial charge >= 0.3 is 0 Å². The Balaban J connectivity index is 1.80. The number of allylic oxidation sites excluding steroid dienone is 2. The number of fused-ring (bicyclic) bond motifs is 1. The fraction of sp³-hybridized carbons (Fsp3) is 0.714. The number of aliphatic hydroxyl groups is 1. The highest BCUT2D eigenvalue weighted by Gasteiger charge is 2.63. The molecule has 0 radical (unpaired) electrons. The summed E-state index contributed by atoms with van der Waals surface area (Å²) >= 11 is 0. The van der Waals surface area contributed by atoms with Crippen LogP contribution >= 0.6 is 0 Å². The van der Waals surface area contributed by atoms with Gasteiger partial charge in [0.15, 0.2) is 11.6 Å². The minimum atomic E-state index is -0.322. The Morgan fingerprint density at radius 3 is 2.63 bits per heavy atom. The molecule has 2 aliphatic heterocycles. The zero-order valence-corrected chi connectivity index (χ0v) is 11.0. The van der Waals surface area contributed by atoms with Crippen LogP contribution in [0.5, 0.6) is 0 Å². The van der Waals surface area contributed by atoms with E-state index in [0.717, 1.165) is 6.42 Å². The van der Waals surface area contributed by atoms with Crippen molar-refractivity contribution in [1.82, 2.24) is 0 Å². The van der Waals surface area contributed by atoms with Gasteiger partial charge < -0.3 is 14.6 Å². The van der Waals surface area contributed by atoms with E-state index in [2.05, 4.69) is 0 Å². The van der Waals surface area contributed by atoms with E-state index in [1.807, 2.05) is 0 Å². The molecule has 2 atom stereocenters. The topological polar surface area (TPSA) is 76.1 Å². The highest BCUT2D eigenvalue weighted by molar-refractivity contribution is 6.22. The molecule has 2 unspecified atom stereocenters. The molecule has 1 N–H and O–H groups in total. The minimum absolute atomic E-state index is 0.0133. The van der Waals surface area contributed by atoms with Gasteiger partial charge in [0.1, 0.15) is 17.5 Å². The van der Waals surface area contributed by atoms with E-state index in [1.165, 1.54) is 0 Å². The van der Waals surface area contributed by atoms with Gasteiger partial charge in [0.2, 0.25) is 0 Å². The van der Waals surface area contributed by atoms with Crippen molar-refractivity contribution >= 4 is 11.6 Å². The van der Waals surface area contributed by atoms with Crippen molar-refractivity contribution in [3.8, 4) is 0 Å². The molecule has 3 fully saturated rings. The number of epoxide rings is 1. The van der Waals surface area contributed by atoms with Crippen LogP contribution in [0.1, 0.15) is 32.6 Å². The van der Waals surface area contributed by atoms with Crippen LogP contribution in [0.25, 0.3) is 0 Å². The van der Waals surface area contributed by atoms with E-state index < -0.39 is 0 Å². The maximum absolute atomic E-state index is 12.1. The van der Waals surface area contributed by atoms with Gasteiger partial charge in [0.25, 0.3) is 0 Å². The fourth-order valence-electron chi connectivity index (χ4n) is 3.33. The molecule has 0 aromatic heterocycles. The van der Waals surface area contributed by atoms with Crippen molar-refractivity contribution in [3.63, 3.8) is 0 Å². The van der Waals surface area contributed by atoms with Crippen LogP contribution < -0.4 is 0 Å². The van der Waals surface area contributed by atoms with Gasteiger partial charge in [0, 0.05) is 38.2 Å². The second-order valence-corrected chi connectivity index (χ2v) is 5.51. The highest BCUT2D eigenvalue weighted by atomic mass is 16.6. The van der Waals surface area contributed by atoms with Crippen molar-refractivity contribution in [1.29, 1.82) is 0 Å². The van der Waals surface area contributed by atoms with Crippen LogP contribution in [0.4, 0.5) is 0 Å². The van der Waals surface area contributed by atoms with Crippen LogP contribution in [-0.4, -0.2) is 41.6 Å². The minimum Gasteiger partial charge on any atom is -0.511 e. The Morgan fingerprint density at radius 2 is 2.05 bits per heavy atom. The van der Waals surface area contributed by atoms with Gasteiger partial charge in [-0.1, -0.05) is 6.92 Å². The Kier molecular flexibility index (Phi) is 2.98. The molecule has 1 saturated carbocycles. The third-order valence-corrected chi connectivity index (χ3v) is 4.49. The fourth-order valence-corrected chi connectivity index (χ4v) is 3.33. The summed E-state index contributed by atoms with van der Waals surface area (Å²) in [4.78, 5) is 24.2. The first-order valence-corrected chi connectivity index (χ1v) is 6.82. The second kappa shape index (κ2) is 4.42. The predicted octanol–water partition coefficient (Wildman–Crippen LogP) is 1.31. The molecule has 2 saturated heterocycles. The van der Waals surface area contributed by atoms with Crippen molar-refractivity contribution < 1.29 is 24.2 Å². The summed E-state index contributed by atoms with van der Waals surface area (Å²) < 4.78 is 11.0. The number of ketones is 2. The summed E-state index contributed by atoms with van der Waals surface area (Å²) in [5.41, 5.74) is -0.309. The molecule has 3 rings (SSSR count). The standard InChI is InChI=1S/C14H18O5/c1-2-9(15)13-10(16)5-8(6-11(13)17)14-3-4-18-7-12(14)19-14/h8,12,15H,2-7H2,1H3. The van der Waals surface area contributed by atoms with E-state index in [4.69, 9.17) is 9.47 Å². The Morgan fingerprint density at radius 1 is 1.37 bits per heavy atom. The average molecular weight is 266 g/mol. The predicted molar refractivity (Wildman–Crippen MR) is 65.7 cm³/mol. The molecule has 0 spiro atoms. The van der Waals surface area contributed by atoms with Gasteiger partial charge in [-0.3, -0.25) is 9.59 Å². The number of hydrogen-bond donors (Lipinski definition) is 1. The second-order valence-electron chi connectivity index (χ2n) is 5.51. The molecule has 1 aliphatic carbocycles. The van der Waals surface area contributed by atoms with E-state index in [9.17, 15) is 14.7 Å². The quantitative estimate of drug-likeness (QED) is 0.353. The van der Waals surface area contributed by atoms with E-state index in [0.29, 0.717) is 32.5 Å². The first-order valence-electron chi connectivity index (χ1n) is 6.82. The molecule has 104 valence electrons. The van der Waals surface area contributed by atoms with Gasteiger partial charge in [-0.2, -0.15) is 0 Å². The third-order valence-electron chi connectivity index (χ3n) is 4.49. The van der Waals surface area contributed by atoms with Crippen LogP contribution in [0.3, 0.4) is 0 Å². The van der Waals surface area contributed by atoms with Gasteiger partial charge in [-0.15, -0.1) is 0 Å². The van der Waals surface area contributed by atoms with Crippen molar-refractivity contribution in [2.24, 2.45) is 5.92 Å². The number of carbonyl (C=O) groups excluding carboxylic acids is 2. The molecule has 2 heterocycles. The molecule has 5 nitrogen and oxygen atoms in total. The summed E-state index contributed by atoms with van der Waals surface area (Å²) in [6, 6.07) is 0. The SMILES string of the molecule is CCC(O)=C1C(=O)CC(C23CCOCC2O3)CC1=O. The lowest BCUT2D eigenvalue weighted by Gasteiger charge is -2.30. The van der Waals surface area contributed by atoms with E-state index in [1.54, 1.807) is 6.92 Å². The van der Waals surface area contributed by atoms with E-state index in [-0.39, 0.29) is 40.5 Å². The first kappa shape index (κ1) is 12.8. The average Bonchev–Trinajstić information content (AvgIpc) is 3.13. The van der Waals surface area contributed by atoms with Gasteiger partial charge in [0.05, 0.1) is 12.2 Å². The maximum atomic E-state index is 12.1. The smallest absolute Gasteiger partial charge is 0.170 e. The molecule has 5 heteroatoms. The van der Waals surface area contributed by atoms with Gasteiger partial charge in [-0.05, 0) is 0 Å². The monoisotopic (exact) mass is 266 g/mol. The largest absolute Gasteiger partial charge is 0.511 e. The Bertz CT molecular complexity index is 446. The van der Waals surface area contributed by atoms with Crippen molar-refractivity contribution in [2.45, 2.75) is 44.3 Å². The summed E-state index contributed by atoms with van der Waals surface area (Å²) in [6.07, 6.45) is 1.69. The molecule has 0 bridgehead atoms. The van der Waals surface area contributed by atoms with E-state index >= 15 is 0 Å². The van der Waals surface area contributed by atoms with Crippen molar-refractivity contribution in [3.05, 3.63) is 11.3 Å². The lowest BCUT2D eigenvalue weighted by atomic mass is 9.73. The Labute approximate surface area is 111 Å². The molecule has 19 heavy (non-hydrogen) atoms. The molecule has 0 amide bonds. The van der Waals surface area contributed by atoms with Crippen LogP contribution in [0.2, 0.25) is 0 Å². The number of Topliss-reactive ketones (excluding diaryl/α,β-unsaturated/α-hetero) is 2. The number of hydrogen-bond acceptors (Lipinski definition) is 5. The number of aliphatic hydroxyl groups excluding tert-OH is 1. The zero-order valence-electron chi connectivity index (χ0n) is 11.0. The molecular formula is C14H18O5. The lowest BCUT2D eigenvalue weighted by Crippen LogP contribution is -2.40. The summed E-state index contributed by atoms with van der Waals surface area (Å²) in [5, 5.41) is 9.68. The number of ether oxygens (including phenoxy) is 2. The van der Waals surface area contributed by atoms with Crippen LogP contribution in [0.15, 0.2) is 11.3 Å². The van der Waals surface area contributed by atoms with Crippen molar-refractivity contribution in [2.75, 3.05) is 13.2 Å². The summed E-state index contributed by atoms with van der Waals surface area (Å²) in [7, 11) is 0. The molecule has 3 aliphatic rings. The van der Waals surface area contributed by atoms with Gasteiger partial charge in [-0.25, -0.2) is 0 Å². The van der Waals surface area contributed by atoms with Crippen LogP contribution in [-0.2, 0) is 19.1 Å². The molecule has 0 aromatic rings. The molecule has 0 aromatic carbocycles. The zero-order chi connectivity index (χ0) is 13.6. The number of rotatable bonds is 2. The highest BCUT2D eigenvalue weighted by Crippen LogP contribution is 2.52. The normalized spacial score (nSPS) is 38.1. The lowest BCUT2D eigenvalue weighted by molar-refractivity contribution is -0.127. The summed E-state index contributed by atoms with van der Waals surface area (Å²) in [6.45, 7) is 2.91. The van der Waals surface area contributed by atoms with Crippen LogP contribution in [0, 0.1) is 5.92 Å². The number of carbonyl (C=O) groups is 2. The Hall–Kier alpha value is -1.20.